The molecule has 4 saturated heterocycles. The third-order valence-corrected chi connectivity index (χ3v) is 9.06. The molecule has 0 radical (unpaired) electrons. The lowest BCUT2D eigenvalue weighted by Gasteiger charge is -2.59. The molecule has 0 aromatic carbocycles. The van der Waals surface area contributed by atoms with E-state index in [4.69, 9.17) is 29.1 Å². The van der Waals surface area contributed by atoms with E-state index < -0.39 is 66.4 Å². The van der Waals surface area contributed by atoms with Gasteiger partial charge in [-0.1, -0.05) is 27.7 Å². The highest BCUT2D eigenvalue weighted by atomic mass is 17.3. The van der Waals surface area contributed by atoms with Crippen molar-refractivity contribution >= 4 is 23.8 Å². The van der Waals surface area contributed by atoms with Gasteiger partial charge < -0.3 is 35.1 Å². The molecule has 4 heterocycles. The maximum atomic E-state index is 12.8. The number of carboxylic acid groups (broad SMARTS) is 1. The molecule has 41 heavy (non-hydrogen) atoms. The Morgan fingerprint density at radius 1 is 1.00 bits per heavy atom. The summed E-state index contributed by atoms with van der Waals surface area (Å²) in [4.78, 5) is 61.2. The molecule has 13 nitrogen and oxygen atoms in total. The van der Waals surface area contributed by atoms with E-state index in [-0.39, 0.29) is 42.9 Å². The minimum atomic E-state index is -1.49. The quantitative estimate of drug-likeness (QED) is 0.205. The number of carbonyl (C=O) groups excluding carboxylic acids is 3. The molecule has 1 spiro atoms. The van der Waals surface area contributed by atoms with E-state index in [1.807, 2.05) is 27.7 Å². The summed E-state index contributed by atoms with van der Waals surface area (Å²) in [6, 6.07) is -2.52. The topological polar surface area (TPSA) is 179 Å². The first-order chi connectivity index (χ1) is 19.3. The number of aliphatic hydroxyl groups is 1. The van der Waals surface area contributed by atoms with Gasteiger partial charge in [-0.15, -0.1) is 0 Å². The molecule has 5 rings (SSSR count). The first-order valence-electron chi connectivity index (χ1n) is 14.6. The molecule has 1 saturated carbocycles. The monoisotopic (exact) mass is 584 g/mol. The van der Waals surface area contributed by atoms with Crippen LogP contribution in [0.1, 0.15) is 79.6 Å². The van der Waals surface area contributed by atoms with Crippen LogP contribution in [-0.4, -0.2) is 76.6 Å². The van der Waals surface area contributed by atoms with Crippen LogP contribution in [0.2, 0.25) is 0 Å². The molecular formula is C28H44N2O11. The Kier molecular flexibility index (Phi) is 9.64. The van der Waals surface area contributed by atoms with Crippen LogP contribution < -0.4 is 10.6 Å². The van der Waals surface area contributed by atoms with Gasteiger partial charge in [0, 0.05) is 24.7 Å². The Morgan fingerprint density at radius 3 is 2.39 bits per heavy atom. The van der Waals surface area contributed by atoms with Crippen molar-refractivity contribution in [2.24, 2.45) is 29.6 Å². The van der Waals surface area contributed by atoms with Crippen LogP contribution in [0.3, 0.4) is 0 Å². The summed E-state index contributed by atoms with van der Waals surface area (Å²) in [6.45, 7) is 8.89. The summed E-state index contributed by atoms with van der Waals surface area (Å²) in [5.74, 6) is -3.92. The second-order valence-electron chi connectivity index (χ2n) is 12.6. The van der Waals surface area contributed by atoms with E-state index in [1.54, 1.807) is 0 Å². The Morgan fingerprint density at radius 2 is 1.73 bits per heavy atom. The Labute approximate surface area is 239 Å². The highest BCUT2D eigenvalue weighted by Crippen LogP contribution is 2.60. The molecule has 5 aliphatic rings. The molecule has 0 unspecified atom stereocenters. The lowest BCUT2D eigenvalue weighted by atomic mass is 9.58. The number of fused-ring (bicyclic) bond motifs is 2. The van der Waals surface area contributed by atoms with Crippen molar-refractivity contribution in [1.82, 2.24) is 10.6 Å². The molecular weight excluding hydrogens is 540 g/mol. The van der Waals surface area contributed by atoms with Crippen LogP contribution in [0.5, 0.6) is 0 Å². The highest BCUT2D eigenvalue weighted by Gasteiger charge is 2.69. The molecule has 2 amide bonds. The maximum absolute atomic E-state index is 12.8. The average Bonchev–Trinajstić information content (AvgIpc) is 3.13. The third-order valence-electron chi connectivity index (χ3n) is 9.06. The number of nitrogens with one attached hydrogen (secondary N) is 2. The molecule has 232 valence electrons. The smallest absolute Gasteiger partial charge is 0.328 e. The standard InChI is InChI=1S/C28H44N2O11/c1-14(2)12-19(23(34)30-20(13-31)24(35)36)29-21(32)8-9-22(33)37-25-16(4)18-7-6-15(3)17-10-11-27(5)39-26(38-25)28(17,18)41-40-27/h14-20,25-26,31H,6-13H2,1-5H3,(H,29,32)(H,30,34)(H,35,36)/t15-,16-,17+,18+,19+,20+,25-,26-,27-,28-/m1/s1. The second-order valence-corrected chi connectivity index (χ2v) is 12.6. The number of carboxylic acids is 1. The minimum Gasteiger partial charge on any atom is -0.480 e. The number of ether oxygens (including phenoxy) is 3. The molecule has 0 aromatic rings. The Balaban J connectivity index is 1.35. The molecule has 10 atom stereocenters. The van der Waals surface area contributed by atoms with Crippen LogP contribution in [0, 0.1) is 29.6 Å². The van der Waals surface area contributed by atoms with Crippen molar-refractivity contribution in [2.45, 2.75) is 116 Å². The number of carbonyl (C=O) groups is 4. The fourth-order valence-corrected chi connectivity index (χ4v) is 6.84. The zero-order chi connectivity index (χ0) is 30.1. The van der Waals surface area contributed by atoms with Gasteiger partial charge in [-0.2, -0.15) is 0 Å². The zero-order valence-electron chi connectivity index (χ0n) is 24.4. The molecule has 4 N–H and O–H groups in total. The van der Waals surface area contributed by atoms with Crippen LogP contribution in [0.4, 0.5) is 0 Å². The van der Waals surface area contributed by atoms with Gasteiger partial charge in [-0.25, -0.2) is 14.6 Å². The Hall–Kier alpha value is -2.32. The summed E-state index contributed by atoms with van der Waals surface area (Å²) >= 11 is 0. The predicted molar refractivity (Wildman–Crippen MR) is 140 cm³/mol. The minimum absolute atomic E-state index is 0.00198. The molecule has 2 bridgehead atoms. The number of hydrogen-bond donors (Lipinski definition) is 4. The van der Waals surface area contributed by atoms with Gasteiger partial charge in [0.15, 0.2) is 11.9 Å². The fourth-order valence-electron chi connectivity index (χ4n) is 6.84. The van der Waals surface area contributed by atoms with Gasteiger partial charge in [0.2, 0.25) is 23.9 Å². The molecule has 0 aromatic heterocycles. The van der Waals surface area contributed by atoms with E-state index >= 15 is 0 Å². The SMILES string of the molecule is CC(C)C[C@H](NC(=O)CCC(=O)O[C@@H]1O[C@@H]2O[C@@]3(C)CC[C@H]4[C@H](C)CC[C@@H]([C@H]1C)[C@@]24OO3)C(=O)N[C@@H](CO)C(=O)O. The van der Waals surface area contributed by atoms with Gasteiger partial charge in [0.1, 0.15) is 12.1 Å². The molecule has 13 heteroatoms. The van der Waals surface area contributed by atoms with E-state index in [9.17, 15) is 24.3 Å². The number of amides is 2. The lowest BCUT2D eigenvalue weighted by Crippen LogP contribution is -2.70. The van der Waals surface area contributed by atoms with E-state index in [2.05, 4.69) is 17.6 Å². The van der Waals surface area contributed by atoms with Gasteiger partial charge in [-0.3, -0.25) is 14.4 Å². The summed E-state index contributed by atoms with van der Waals surface area (Å²) in [5, 5.41) is 23.1. The first kappa shape index (κ1) is 31.6. The van der Waals surface area contributed by atoms with E-state index in [0.29, 0.717) is 12.3 Å². The lowest BCUT2D eigenvalue weighted by molar-refractivity contribution is -0.576. The first-order valence-corrected chi connectivity index (χ1v) is 14.6. The molecule has 4 aliphatic heterocycles. The summed E-state index contributed by atoms with van der Waals surface area (Å²) < 4.78 is 18.2. The molecule has 1 aliphatic carbocycles. The summed E-state index contributed by atoms with van der Waals surface area (Å²) in [6.07, 6.45) is 1.49. The second kappa shape index (κ2) is 12.5. The number of aliphatic carboxylic acids is 1. The third kappa shape index (κ3) is 6.53. The number of rotatable bonds is 11. The molecule has 5 fully saturated rings. The van der Waals surface area contributed by atoms with Gasteiger partial charge in [0.25, 0.3) is 0 Å². The van der Waals surface area contributed by atoms with Crippen molar-refractivity contribution < 1.29 is 53.4 Å². The van der Waals surface area contributed by atoms with Crippen molar-refractivity contribution in [3.05, 3.63) is 0 Å². The van der Waals surface area contributed by atoms with Gasteiger partial charge in [-0.05, 0) is 50.4 Å². The number of hydrogen-bond acceptors (Lipinski definition) is 10. The zero-order valence-corrected chi connectivity index (χ0v) is 24.4. The van der Waals surface area contributed by atoms with Crippen molar-refractivity contribution in [2.75, 3.05) is 6.61 Å². The normalized spacial score (nSPS) is 37.3. The van der Waals surface area contributed by atoms with Crippen molar-refractivity contribution in [1.29, 1.82) is 0 Å². The number of aliphatic hydroxyl groups excluding tert-OH is 1. The maximum Gasteiger partial charge on any atom is 0.328 e. The van der Waals surface area contributed by atoms with Crippen LogP contribution in [0.15, 0.2) is 0 Å². The largest absolute Gasteiger partial charge is 0.480 e. The van der Waals surface area contributed by atoms with E-state index in [1.165, 1.54) is 0 Å². The van der Waals surface area contributed by atoms with Crippen LogP contribution in [0.25, 0.3) is 0 Å². The van der Waals surface area contributed by atoms with Gasteiger partial charge >= 0.3 is 11.9 Å². The van der Waals surface area contributed by atoms with Crippen molar-refractivity contribution in [3.8, 4) is 0 Å². The Bertz CT molecular complexity index is 1010. The van der Waals surface area contributed by atoms with Crippen molar-refractivity contribution in [3.63, 3.8) is 0 Å². The van der Waals surface area contributed by atoms with E-state index in [0.717, 1.165) is 19.3 Å². The predicted octanol–water partition coefficient (Wildman–Crippen LogP) is 1.61. The van der Waals surface area contributed by atoms with Gasteiger partial charge in [0.05, 0.1) is 13.0 Å². The highest BCUT2D eigenvalue weighted by molar-refractivity contribution is 5.91. The fraction of sp³-hybridized carbons (Fsp3) is 0.857. The average molecular weight is 585 g/mol. The van der Waals surface area contributed by atoms with Crippen LogP contribution in [-0.2, 0) is 43.2 Å². The summed E-state index contributed by atoms with van der Waals surface area (Å²) in [7, 11) is 0. The number of esters is 1. The summed E-state index contributed by atoms with van der Waals surface area (Å²) in [5.41, 5.74) is -0.780. The van der Waals surface area contributed by atoms with Crippen LogP contribution >= 0.6 is 0 Å².